The van der Waals surface area contributed by atoms with E-state index >= 15 is 0 Å². The summed E-state index contributed by atoms with van der Waals surface area (Å²) in [6, 6.07) is 0. The van der Waals surface area contributed by atoms with E-state index in [1.54, 1.807) is 0 Å². The van der Waals surface area contributed by atoms with Crippen LogP contribution in [0.3, 0.4) is 0 Å². The molecule has 1 atom stereocenters. The number of aromatic nitrogens is 2. The molecule has 1 saturated heterocycles. The largest absolute Gasteiger partial charge is 0.377 e. The van der Waals surface area contributed by atoms with Crippen molar-refractivity contribution in [2.24, 2.45) is 5.41 Å². The quantitative estimate of drug-likeness (QED) is 0.709. The molecule has 0 bridgehead atoms. The van der Waals surface area contributed by atoms with E-state index in [2.05, 4.69) is 43.5 Å². The monoisotopic (exact) mass is 432 g/mol. The number of rotatable bonds is 7. The van der Waals surface area contributed by atoms with Crippen LogP contribution in [0.4, 0.5) is 0 Å². The number of imidazole rings is 1. The third-order valence-corrected chi connectivity index (χ3v) is 6.49. The summed E-state index contributed by atoms with van der Waals surface area (Å²) in [5, 5.41) is 3.50. The van der Waals surface area contributed by atoms with Crippen LogP contribution >= 0.6 is 11.3 Å². The molecule has 2 aromatic heterocycles. The average Bonchev–Trinajstić information content (AvgIpc) is 3.33. The number of carbonyl (C=O) groups excluding carboxylic acids is 1. The number of nitrogens with zero attached hydrogens (tertiary/aromatic N) is 3. The summed E-state index contributed by atoms with van der Waals surface area (Å²) in [7, 11) is 1.88. The lowest BCUT2D eigenvalue weighted by Crippen LogP contribution is -2.34. The Labute approximate surface area is 184 Å². The average molecular weight is 433 g/mol. The lowest BCUT2D eigenvalue weighted by Gasteiger charge is -2.26. The van der Waals surface area contributed by atoms with Crippen molar-refractivity contribution in [1.29, 1.82) is 0 Å². The number of aryl methyl sites for hydroxylation is 2. The van der Waals surface area contributed by atoms with Crippen molar-refractivity contribution in [3.05, 3.63) is 27.5 Å². The molecular formula is C23H36N4O2S. The van der Waals surface area contributed by atoms with E-state index in [1.807, 2.05) is 25.8 Å². The van der Waals surface area contributed by atoms with Gasteiger partial charge in [-0.1, -0.05) is 37.7 Å². The van der Waals surface area contributed by atoms with Gasteiger partial charge in [-0.05, 0) is 45.1 Å². The smallest absolute Gasteiger partial charge is 0.265 e. The Kier molecular flexibility index (Phi) is 7.05. The topological polar surface area (TPSA) is 58.9 Å². The van der Waals surface area contributed by atoms with Crippen LogP contribution in [0.25, 0.3) is 11.0 Å². The molecule has 0 spiro atoms. The Balaban J connectivity index is 1.78. The minimum absolute atomic E-state index is 0.0634. The van der Waals surface area contributed by atoms with Crippen LogP contribution in [-0.4, -0.2) is 59.6 Å². The molecule has 30 heavy (non-hydrogen) atoms. The van der Waals surface area contributed by atoms with Crippen molar-refractivity contribution < 1.29 is 9.53 Å². The van der Waals surface area contributed by atoms with Crippen molar-refractivity contribution in [2.75, 3.05) is 33.3 Å². The zero-order valence-corrected chi connectivity index (χ0v) is 20.3. The number of ether oxygens (including phenoxy) is 1. The van der Waals surface area contributed by atoms with Crippen molar-refractivity contribution in [3.8, 4) is 0 Å². The molecule has 1 amide bonds. The van der Waals surface area contributed by atoms with Crippen LogP contribution < -0.4 is 5.32 Å². The highest BCUT2D eigenvalue weighted by atomic mass is 32.1. The highest BCUT2D eigenvalue weighted by Crippen LogP contribution is 2.29. The molecule has 6 nitrogen and oxygen atoms in total. The van der Waals surface area contributed by atoms with Crippen LogP contribution in [0.15, 0.2) is 5.57 Å². The standard InChI is InChI=1S/C23H36N4O2S/c1-15(12-24-13-18-9-8-10-29-18)11-19-16(2)25-22-27(19)17(3)20(30-22)21(28)26(7)14-23(4,5)6/h11,18,24H,8-10,12-14H2,1-7H3/b15-11+. The molecule has 0 saturated carbocycles. The Bertz CT molecular complexity index is 929. The van der Waals surface area contributed by atoms with E-state index in [0.29, 0.717) is 12.6 Å². The van der Waals surface area contributed by atoms with Gasteiger partial charge in [0, 0.05) is 39.0 Å². The lowest BCUT2D eigenvalue weighted by molar-refractivity contribution is 0.0749. The van der Waals surface area contributed by atoms with Gasteiger partial charge >= 0.3 is 0 Å². The number of amides is 1. The summed E-state index contributed by atoms with van der Waals surface area (Å²) in [6.07, 6.45) is 4.84. The summed E-state index contributed by atoms with van der Waals surface area (Å²) in [6.45, 7) is 15.9. The van der Waals surface area contributed by atoms with Crippen LogP contribution in [0, 0.1) is 19.3 Å². The highest BCUT2D eigenvalue weighted by Gasteiger charge is 2.25. The molecule has 2 aromatic rings. The van der Waals surface area contributed by atoms with Gasteiger partial charge in [-0.15, -0.1) is 0 Å². The van der Waals surface area contributed by atoms with Gasteiger partial charge in [-0.25, -0.2) is 4.98 Å². The van der Waals surface area contributed by atoms with Crippen LogP contribution in [-0.2, 0) is 4.74 Å². The molecule has 7 heteroatoms. The number of carbonyl (C=O) groups is 1. The van der Waals surface area contributed by atoms with E-state index in [1.165, 1.54) is 16.9 Å². The first-order chi connectivity index (χ1) is 14.1. The minimum atomic E-state index is 0.0634. The fourth-order valence-corrected chi connectivity index (χ4v) is 5.19. The molecular weight excluding hydrogens is 396 g/mol. The van der Waals surface area contributed by atoms with Gasteiger partial charge in [0.05, 0.1) is 17.5 Å². The number of fused-ring (bicyclic) bond motifs is 1. The fourth-order valence-electron chi connectivity index (χ4n) is 4.02. The molecule has 3 rings (SSSR count). The highest BCUT2D eigenvalue weighted by molar-refractivity contribution is 7.19. The number of thiazole rings is 1. The molecule has 0 aliphatic carbocycles. The van der Waals surface area contributed by atoms with E-state index in [4.69, 9.17) is 9.72 Å². The summed E-state index contributed by atoms with van der Waals surface area (Å²) in [5.74, 6) is 0.0699. The zero-order chi connectivity index (χ0) is 22.1. The van der Waals surface area contributed by atoms with Crippen LogP contribution in [0.2, 0.25) is 0 Å². The van der Waals surface area contributed by atoms with Crippen LogP contribution in [0.1, 0.15) is 67.3 Å². The first-order valence-electron chi connectivity index (χ1n) is 10.8. The summed E-state index contributed by atoms with van der Waals surface area (Å²) in [5.41, 5.74) is 4.32. The Morgan fingerprint density at radius 2 is 2.13 bits per heavy atom. The second-order valence-corrected chi connectivity index (χ2v) is 10.7. The minimum Gasteiger partial charge on any atom is -0.377 e. The maximum atomic E-state index is 13.1. The second-order valence-electron chi connectivity index (χ2n) is 9.70. The number of hydrogen-bond acceptors (Lipinski definition) is 5. The van der Waals surface area contributed by atoms with Gasteiger partial charge in [0.2, 0.25) is 0 Å². The molecule has 3 heterocycles. The van der Waals surface area contributed by atoms with Gasteiger partial charge in [-0.3, -0.25) is 9.20 Å². The fraction of sp³-hybridized carbons (Fsp3) is 0.652. The van der Waals surface area contributed by atoms with E-state index in [-0.39, 0.29) is 11.3 Å². The van der Waals surface area contributed by atoms with Crippen molar-refractivity contribution in [2.45, 2.75) is 60.5 Å². The number of nitrogens with one attached hydrogen (secondary N) is 1. The predicted octanol–water partition coefficient (Wildman–Crippen LogP) is 4.30. The number of hydrogen-bond donors (Lipinski definition) is 1. The molecule has 1 aliphatic heterocycles. The third kappa shape index (κ3) is 5.31. The van der Waals surface area contributed by atoms with E-state index in [9.17, 15) is 4.79 Å². The Morgan fingerprint density at radius 3 is 2.77 bits per heavy atom. The predicted molar refractivity (Wildman–Crippen MR) is 124 cm³/mol. The molecule has 1 unspecified atom stereocenters. The van der Waals surface area contributed by atoms with Crippen molar-refractivity contribution >= 4 is 28.3 Å². The first kappa shape index (κ1) is 23.0. The van der Waals surface area contributed by atoms with Gasteiger partial charge in [-0.2, -0.15) is 0 Å². The first-order valence-corrected chi connectivity index (χ1v) is 11.6. The Morgan fingerprint density at radius 1 is 1.40 bits per heavy atom. The maximum Gasteiger partial charge on any atom is 0.265 e. The van der Waals surface area contributed by atoms with Gasteiger partial charge in [0.25, 0.3) is 5.91 Å². The molecule has 1 fully saturated rings. The maximum absolute atomic E-state index is 13.1. The molecule has 0 aromatic carbocycles. The van der Waals surface area contributed by atoms with Crippen LogP contribution in [0.5, 0.6) is 0 Å². The molecule has 1 aliphatic rings. The third-order valence-electron chi connectivity index (χ3n) is 5.36. The van der Waals surface area contributed by atoms with Gasteiger partial charge in [0.1, 0.15) is 4.88 Å². The SMILES string of the molecule is C/C(=C\c1c(C)nc2sc(C(=O)N(C)CC(C)(C)C)c(C)n12)CNCC1CCCO1. The summed E-state index contributed by atoms with van der Waals surface area (Å²) < 4.78 is 7.80. The Hall–Kier alpha value is -1.70. The summed E-state index contributed by atoms with van der Waals surface area (Å²) in [4.78, 5) is 21.3. The summed E-state index contributed by atoms with van der Waals surface area (Å²) >= 11 is 1.48. The molecule has 1 N–H and O–H groups in total. The molecule has 0 radical (unpaired) electrons. The van der Waals surface area contributed by atoms with E-state index < -0.39 is 0 Å². The lowest BCUT2D eigenvalue weighted by atomic mass is 9.96. The van der Waals surface area contributed by atoms with Crippen molar-refractivity contribution in [1.82, 2.24) is 19.6 Å². The van der Waals surface area contributed by atoms with Crippen molar-refractivity contribution in [3.63, 3.8) is 0 Å². The molecule has 166 valence electrons. The zero-order valence-electron chi connectivity index (χ0n) is 19.5. The second kappa shape index (κ2) is 9.20. The normalized spacial score (nSPS) is 17.8. The van der Waals surface area contributed by atoms with Gasteiger partial charge in [0.15, 0.2) is 4.96 Å². The van der Waals surface area contributed by atoms with Gasteiger partial charge < -0.3 is 15.0 Å². The van der Waals surface area contributed by atoms with E-state index in [0.717, 1.165) is 59.5 Å².